The van der Waals surface area contributed by atoms with E-state index in [1.54, 1.807) is 0 Å². The third kappa shape index (κ3) is 5.27. The lowest BCUT2D eigenvalue weighted by atomic mass is 9.91. The fourth-order valence-electron chi connectivity index (χ4n) is 2.40. The van der Waals surface area contributed by atoms with Crippen molar-refractivity contribution in [2.24, 2.45) is 5.92 Å². The Morgan fingerprint density at radius 2 is 1.89 bits per heavy atom. The highest BCUT2D eigenvalue weighted by atomic mass is 19.1. The Labute approximate surface area is 115 Å². The van der Waals surface area contributed by atoms with Gasteiger partial charge in [0, 0.05) is 6.04 Å². The van der Waals surface area contributed by atoms with E-state index in [0.29, 0.717) is 17.9 Å². The van der Waals surface area contributed by atoms with E-state index in [-0.39, 0.29) is 17.7 Å². The Morgan fingerprint density at radius 3 is 2.53 bits per heavy atom. The normalized spacial score (nSPS) is 14.4. The van der Waals surface area contributed by atoms with Gasteiger partial charge < -0.3 is 5.32 Å². The summed E-state index contributed by atoms with van der Waals surface area (Å²) >= 11 is 0. The summed E-state index contributed by atoms with van der Waals surface area (Å²) in [6, 6.07) is 3.90. The second-order valence-electron chi connectivity index (χ2n) is 5.27. The maximum absolute atomic E-state index is 13.7. The molecule has 0 aliphatic rings. The van der Waals surface area contributed by atoms with Gasteiger partial charge in [0.1, 0.15) is 11.6 Å². The highest BCUT2D eigenvalue weighted by Gasteiger charge is 2.18. The minimum atomic E-state index is -0.367. The molecule has 3 heteroatoms. The van der Waals surface area contributed by atoms with Gasteiger partial charge in [-0.25, -0.2) is 8.78 Å². The smallest absolute Gasteiger partial charge is 0.126 e. The molecule has 1 aromatic carbocycles. The van der Waals surface area contributed by atoms with Crippen molar-refractivity contribution in [2.75, 3.05) is 6.54 Å². The molecule has 1 nitrogen and oxygen atoms in total. The topological polar surface area (TPSA) is 12.0 Å². The number of hydrogen-bond acceptors (Lipinski definition) is 1. The van der Waals surface area contributed by atoms with E-state index >= 15 is 0 Å². The van der Waals surface area contributed by atoms with Crippen LogP contribution in [0.3, 0.4) is 0 Å². The summed E-state index contributed by atoms with van der Waals surface area (Å²) in [5.74, 6) is -0.221. The number of benzene rings is 1. The zero-order valence-electron chi connectivity index (χ0n) is 12.2. The molecule has 0 heterocycles. The molecule has 19 heavy (non-hydrogen) atoms. The minimum Gasteiger partial charge on any atom is -0.313 e. The molecular formula is C16H25F2N. The number of halogens is 2. The third-order valence-corrected chi connectivity index (χ3v) is 3.54. The minimum absolute atomic E-state index is 0.205. The van der Waals surface area contributed by atoms with Gasteiger partial charge in [0.05, 0.1) is 0 Å². The summed E-state index contributed by atoms with van der Waals surface area (Å²) in [6.07, 6.45) is 3.79. The Hall–Kier alpha value is -0.960. The van der Waals surface area contributed by atoms with Crippen molar-refractivity contribution in [3.8, 4) is 0 Å². The summed E-state index contributed by atoms with van der Waals surface area (Å²) in [6.45, 7) is 7.34. The number of rotatable bonds is 8. The summed E-state index contributed by atoms with van der Waals surface area (Å²) in [7, 11) is 0. The predicted octanol–water partition coefficient (Wildman–Crippen LogP) is 4.31. The highest BCUT2D eigenvalue weighted by molar-refractivity contribution is 5.20. The fourth-order valence-corrected chi connectivity index (χ4v) is 2.40. The van der Waals surface area contributed by atoms with E-state index < -0.39 is 0 Å². The van der Waals surface area contributed by atoms with Crippen LogP contribution < -0.4 is 5.32 Å². The molecule has 1 aromatic rings. The van der Waals surface area contributed by atoms with Crippen LogP contribution in [0.25, 0.3) is 0 Å². The van der Waals surface area contributed by atoms with Crippen molar-refractivity contribution in [1.29, 1.82) is 0 Å². The van der Waals surface area contributed by atoms with Crippen LogP contribution in [0.15, 0.2) is 18.2 Å². The van der Waals surface area contributed by atoms with Gasteiger partial charge in [-0.2, -0.15) is 0 Å². The standard InChI is InChI=1S/C16H25F2N/c1-4-6-12(3)16(19-9-5-2)11-13-10-14(17)7-8-15(13)18/h7-8,10,12,16,19H,4-6,9,11H2,1-3H3. The third-order valence-electron chi connectivity index (χ3n) is 3.54. The fraction of sp³-hybridized carbons (Fsp3) is 0.625. The zero-order valence-corrected chi connectivity index (χ0v) is 12.2. The average molecular weight is 269 g/mol. The van der Waals surface area contributed by atoms with Gasteiger partial charge in [0.2, 0.25) is 0 Å². The number of hydrogen-bond donors (Lipinski definition) is 1. The molecule has 0 saturated carbocycles. The molecule has 1 rings (SSSR count). The van der Waals surface area contributed by atoms with E-state index in [1.165, 1.54) is 18.2 Å². The molecule has 0 saturated heterocycles. The molecule has 0 aliphatic carbocycles. The van der Waals surface area contributed by atoms with Crippen molar-refractivity contribution in [3.63, 3.8) is 0 Å². The highest BCUT2D eigenvalue weighted by Crippen LogP contribution is 2.18. The molecule has 0 aliphatic heterocycles. The van der Waals surface area contributed by atoms with E-state index in [0.717, 1.165) is 25.8 Å². The van der Waals surface area contributed by atoms with Crippen LogP contribution in [-0.4, -0.2) is 12.6 Å². The van der Waals surface area contributed by atoms with Crippen LogP contribution in [0, 0.1) is 17.6 Å². The molecule has 0 aromatic heterocycles. The van der Waals surface area contributed by atoms with Gasteiger partial charge in [0.25, 0.3) is 0 Å². The summed E-state index contributed by atoms with van der Waals surface area (Å²) < 4.78 is 26.9. The molecule has 0 radical (unpaired) electrons. The summed E-state index contributed by atoms with van der Waals surface area (Å²) in [5.41, 5.74) is 0.469. The van der Waals surface area contributed by atoms with Gasteiger partial charge in [-0.1, -0.05) is 27.2 Å². The van der Waals surface area contributed by atoms with E-state index in [9.17, 15) is 8.78 Å². The first-order valence-corrected chi connectivity index (χ1v) is 7.25. The first kappa shape index (κ1) is 16.1. The molecule has 2 atom stereocenters. The largest absolute Gasteiger partial charge is 0.313 e. The van der Waals surface area contributed by atoms with Crippen molar-refractivity contribution >= 4 is 0 Å². The first-order valence-electron chi connectivity index (χ1n) is 7.25. The maximum atomic E-state index is 13.7. The van der Waals surface area contributed by atoms with Crippen molar-refractivity contribution < 1.29 is 8.78 Å². The van der Waals surface area contributed by atoms with Crippen LogP contribution in [0.1, 0.15) is 45.6 Å². The predicted molar refractivity (Wildman–Crippen MR) is 76.2 cm³/mol. The second-order valence-corrected chi connectivity index (χ2v) is 5.27. The molecular weight excluding hydrogens is 244 g/mol. The molecule has 108 valence electrons. The van der Waals surface area contributed by atoms with Crippen molar-refractivity contribution in [1.82, 2.24) is 5.32 Å². The lowest BCUT2D eigenvalue weighted by molar-refractivity contribution is 0.349. The summed E-state index contributed by atoms with van der Waals surface area (Å²) in [5, 5.41) is 3.46. The van der Waals surface area contributed by atoms with Gasteiger partial charge in [0.15, 0.2) is 0 Å². The molecule has 0 spiro atoms. The molecule has 0 amide bonds. The molecule has 0 fully saturated rings. The zero-order chi connectivity index (χ0) is 14.3. The van der Waals surface area contributed by atoms with Gasteiger partial charge in [-0.05, 0) is 55.5 Å². The van der Waals surface area contributed by atoms with Crippen LogP contribution >= 0.6 is 0 Å². The van der Waals surface area contributed by atoms with Crippen LogP contribution in [0.4, 0.5) is 8.78 Å². The lowest BCUT2D eigenvalue weighted by Gasteiger charge is -2.25. The molecule has 1 N–H and O–H groups in total. The second kappa shape index (κ2) is 8.26. The molecule has 0 bridgehead atoms. The Morgan fingerprint density at radius 1 is 1.16 bits per heavy atom. The van der Waals surface area contributed by atoms with Crippen LogP contribution in [0.2, 0.25) is 0 Å². The maximum Gasteiger partial charge on any atom is 0.126 e. The number of nitrogens with one attached hydrogen (secondary N) is 1. The van der Waals surface area contributed by atoms with E-state index in [2.05, 4.69) is 26.1 Å². The first-order chi connectivity index (χ1) is 9.08. The van der Waals surface area contributed by atoms with E-state index in [4.69, 9.17) is 0 Å². The van der Waals surface area contributed by atoms with Gasteiger partial charge in [-0.3, -0.25) is 0 Å². The van der Waals surface area contributed by atoms with Crippen LogP contribution in [0.5, 0.6) is 0 Å². The summed E-state index contributed by atoms with van der Waals surface area (Å²) in [4.78, 5) is 0. The van der Waals surface area contributed by atoms with Crippen molar-refractivity contribution in [3.05, 3.63) is 35.4 Å². The van der Waals surface area contributed by atoms with Crippen LogP contribution in [-0.2, 0) is 6.42 Å². The van der Waals surface area contributed by atoms with Gasteiger partial charge >= 0.3 is 0 Å². The lowest BCUT2D eigenvalue weighted by Crippen LogP contribution is -2.37. The SMILES string of the molecule is CCCNC(Cc1cc(F)ccc1F)C(C)CCC. The Bertz CT molecular complexity index is 379. The average Bonchev–Trinajstić information content (AvgIpc) is 2.38. The van der Waals surface area contributed by atoms with Crippen molar-refractivity contribution in [2.45, 2.75) is 52.5 Å². The quantitative estimate of drug-likeness (QED) is 0.741. The van der Waals surface area contributed by atoms with Gasteiger partial charge in [-0.15, -0.1) is 0 Å². The Kier molecular flexibility index (Phi) is 7.00. The van der Waals surface area contributed by atoms with E-state index in [1.807, 2.05) is 0 Å². The molecule has 2 unspecified atom stereocenters. The Balaban J connectivity index is 2.77. The monoisotopic (exact) mass is 269 g/mol.